The molecular formula is C25H29N3O6S. The number of hydrogen-bond donors (Lipinski definition) is 0. The number of non-ortho nitro benzene ring substituents is 1. The van der Waals surface area contributed by atoms with Gasteiger partial charge in [0.1, 0.15) is 0 Å². The summed E-state index contributed by atoms with van der Waals surface area (Å²) in [5.74, 6) is -0.252. The van der Waals surface area contributed by atoms with Gasteiger partial charge < -0.3 is 0 Å². The zero-order valence-corrected chi connectivity index (χ0v) is 20.4. The van der Waals surface area contributed by atoms with Gasteiger partial charge in [0, 0.05) is 42.8 Å². The Morgan fingerprint density at radius 3 is 2.37 bits per heavy atom. The Kier molecular flexibility index (Phi) is 7.05. The lowest BCUT2D eigenvalue weighted by Gasteiger charge is -2.30. The molecule has 0 amide bonds. The van der Waals surface area contributed by atoms with Crippen LogP contribution in [0.1, 0.15) is 56.9 Å². The van der Waals surface area contributed by atoms with Gasteiger partial charge in [0.25, 0.3) is 11.4 Å². The van der Waals surface area contributed by atoms with E-state index in [-0.39, 0.29) is 39.1 Å². The van der Waals surface area contributed by atoms with Gasteiger partial charge in [-0.3, -0.25) is 20.2 Å². The van der Waals surface area contributed by atoms with Crippen molar-refractivity contribution in [3.63, 3.8) is 0 Å². The summed E-state index contributed by atoms with van der Waals surface area (Å²) in [6, 6.07) is 11.6. The summed E-state index contributed by atoms with van der Waals surface area (Å²) < 4.78 is 28.5. The monoisotopic (exact) mass is 499 g/mol. The Hall–Kier alpha value is -3.11. The molecule has 0 N–H and O–H groups in total. The normalized spacial score (nSPS) is 23.5. The van der Waals surface area contributed by atoms with Gasteiger partial charge in [0.15, 0.2) is 0 Å². The fourth-order valence-corrected chi connectivity index (χ4v) is 6.96. The van der Waals surface area contributed by atoms with Crippen molar-refractivity contribution in [2.24, 2.45) is 5.41 Å². The van der Waals surface area contributed by atoms with Gasteiger partial charge in [-0.15, -0.1) is 0 Å². The number of hydrogen-bond acceptors (Lipinski definition) is 6. The molecule has 35 heavy (non-hydrogen) atoms. The first kappa shape index (κ1) is 25.0. The molecule has 0 saturated heterocycles. The van der Waals surface area contributed by atoms with E-state index in [0.717, 1.165) is 31.3 Å². The van der Waals surface area contributed by atoms with Gasteiger partial charge in [0.05, 0.1) is 14.7 Å². The predicted molar refractivity (Wildman–Crippen MR) is 132 cm³/mol. The molecule has 9 nitrogen and oxygen atoms in total. The predicted octanol–water partition coefficient (Wildman–Crippen LogP) is 5.58. The first-order valence-corrected chi connectivity index (χ1v) is 13.3. The van der Waals surface area contributed by atoms with Gasteiger partial charge in [-0.2, -0.15) is 4.31 Å². The Morgan fingerprint density at radius 2 is 1.71 bits per heavy atom. The molecule has 0 fully saturated rings. The fourth-order valence-electron chi connectivity index (χ4n) is 5.47. The van der Waals surface area contributed by atoms with E-state index in [1.165, 1.54) is 34.6 Å². The van der Waals surface area contributed by atoms with E-state index in [1.807, 2.05) is 0 Å². The van der Waals surface area contributed by atoms with Crippen LogP contribution in [0.3, 0.4) is 0 Å². The first-order valence-electron chi connectivity index (χ1n) is 11.9. The molecule has 186 valence electrons. The molecular weight excluding hydrogens is 470 g/mol. The molecule has 0 spiro atoms. The number of allylic oxidation sites excluding steroid dienone is 2. The molecule has 2 bridgehead atoms. The Balaban J connectivity index is 1.72. The van der Waals surface area contributed by atoms with Crippen molar-refractivity contribution in [1.82, 2.24) is 4.31 Å². The summed E-state index contributed by atoms with van der Waals surface area (Å²) >= 11 is 0. The van der Waals surface area contributed by atoms with Gasteiger partial charge in [0.2, 0.25) is 10.0 Å². The zero-order chi connectivity index (χ0) is 25.2. The molecule has 1 aliphatic carbocycles. The van der Waals surface area contributed by atoms with E-state index in [9.17, 15) is 28.6 Å². The molecule has 4 rings (SSSR count). The molecule has 1 heterocycles. The second-order valence-corrected chi connectivity index (χ2v) is 11.3. The number of fused-ring (bicyclic) bond motifs is 1. The number of nitrogens with zero attached hydrogens (tertiary/aromatic N) is 3. The van der Waals surface area contributed by atoms with Crippen LogP contribution in [-0.4, -0.2) is 35.7 Å². The molecule has 2 aromatic rings. The lowest BCUT2D eigenvalue weighted by molar-refractivity contribution is -0.385. The van der Waals surface area contributed by atoms with Crippen LogP contribution in [0.4, 0.5) is 11.4 Å². The number of sulfonamides is 1. The maximum Gasteiger partial charge on any atom is 0.273 e. The lowest BCUT2D eigenvalue weighted by atomic mass is 9.80. The highest BCUT2D eigenvalue weighted by molar-refractivity contribution is 7.89. The Morgan fingerprint density at radius 1 is 1.00 bits per heavy atom. The molecule has 0 aromatic heterocycles. The second kappa shape index (κ2) is 9.87. The van der Waals surface area contributed by atoms with Crippen LogP contribution in [0.25, 0.3) is 0 Å². The van der Waals surface area contributed by atoms with Gasteiger partial charge >= 0.3 is 0 Å². The highest BCUT2D eigenvalue weighted by Crippen LogP contribution is 2.49. The summed E-state index contributed by atoms with van der Waals surface area (Å²) in [6.45, 7) is 2.66. The van der Waals surface area contributed by atoms with Crippen LogP contribution in [-0.2, 0) is 10.0 Å². The van der Waals surface area contributed by atoms with Crippen molar-refractivity contribution in [3.8, 4) is 0 Å². The number of para-hydroxylation sites is 1. The third kappa shape index (κ3) is 4.99. The Labute approximate surface area is 204 Å². The van der Waals surface area contributed by atoms with Crippen molar-refractivity contribution in [3.05, 3.63) is 86.0 Å². The van der Waals surface area contributed by atoms with Crippen LogP contribution in [0.5, 0.6) is 0 Å². The highest BCUT2D eigenvalue weighted by atomic mass is 32.2. The van der Waals surface area contributed by atoms with Crippen molar-refractivity contribution < 1.29 is 18.3 Å². The fraction of sp³-hybridized carbons (Fsp3) is 0.440. The molecule has 2 aromatic carbocycles. The van der Waals surface area contributed by atoms with E-state index in [0.29, 0.717) is 24.9 Å². The van der Waals surface area contributed by atoms with Crippen LogP contribution >= 0.6 is 0 Å². The van der Waals surface area contributed by atoms with Crippen LogP contribution < -0.4 is 0 Å². The minimum Gasteiger partial charge on any atom is -0.258 e. The summed E-state index contributed by atoms with van der Waals surface area (Å²) in [6.07, 6.45) is 7.00. The first-order chi connectivity index (χ1) is 16.7. The van der Waals surface area contributed by atoms with Crippen molar-refractivity contribution in [1.29, 1.82) is 0 Å². The average Bonchev–Trinajstić information content (AvgIpc) is 3.26. The second-order valence-electron chi connectivity index (χ2n) is 9.35. The average molecular weight is 500 g/mol. The molecule has 2 aliphatic rings. The number of rotatable bonds is 6. The molecule has 1 aliphatic heterocycles. The van der Waals surface area contributed by atoms with E-state index < -0.39 is 14.9 Å². The molecule has 0 radical (unpaired) electrons. The summed E-state index contributed by atoms with van der Waals surface area (Å²) in [5, 5.41) is 22.8. The SMILES string of the molecule is CC[C@]12C=C(CC1)C(c1ccccc1[N+](=O)[O-])CCN(S(=O)(=O)c1ccc([N+](=O)[O-])cc1)CCC2. The van der Waals surface area contributed by atoms with Crippen molar-refractivity contribution >= 4 is 21.4 Å². The van der Waals surface area contributed by atoms with Gasteiger partial charge in [-0.25, -0.2) is 8.42 Å². The highest BCUT2D eigenvalue weighted by Gasteiger charge is 2.38. The lowest BCUT2D eigenvalue weighted by Crippen LogP contribution is -2.34. The zero-order valence-electron chi connectivity index (χ0n) is 19.6. The van der Waals surface area contributed by atoms with Gasteiger partial charge in [-0.1, -0.05) is 36.8 Å². The summed E-state index contributed by atoms with van der Waals surface area (Å²) in [5.41, 5.74) is 1.61. The van der Waals surface area contributed by atoms with Crippen molar-refractivity contribution in [2.75, 3.05) is 13.1 Å². The Bertz CT molecular complexity index is 1260. The quantitative estimate of drug-likeness (QED) is 0.290. The largest absolute Gasteiger partial charge is 0.273 e. The van der Waals surface area contributed by atoms with E-state index in [4.69, 9.17) is 0 Å². The smallest absolute Gasteiger partial charge is 0.258 e. The van der Waals surface area contributed by atoms with Crippen LogP contribution in [0, 0.1) is 25.6 Å². The van der Waals surface area contributed by atoms with Crippen molar-refractivity contribution in [2.45, 2.75) is 56.3 Å². The van der Waals surface area contributed by atoms with E-state index >= 15 is 0 Å². The summed E-state index contributed by atoms with van der Waals surface area (Å²) in [4.78, 5) is 21.8. The van der Waals surface area contributed by atoms with Crippen LogP contribution in [0.2, 0.25) is 0 Å². The number of nitro groups is 2. The van der Waals surface area contributed by atoms with Gasteiger partial charge in [-0.05, 0) is 56.1 Å². The topological polar surface area (TPSA) is 124 Å². The minimum atomic E-state index is -3.89. The van der Waals surface area contributed by atoms with E-state index in [2.05, 4.69) is 13.0 Å². The van der Waals surface area contributed by atoms with E-state index in [1.54, 1.807) is 18.2 Å². The van der Waals surface area contributed by atoms with Crippen LogP contribution in [0.15, 0.2) is 65.1 Å². The molecule has 1 unspecified atom stereocenters. The maximum atomic E-state index is 13.5. The maximum absolute atomic E-state index is 13.5. The third-order valence-corrected chi connectivity index (χ3v) is 9.41. The standard InChI is InChI=1S/C25H29N3O6S/c1-2-25-14-5-16-26(35(33,34)21-10-8-20(9-11-21)27(29)30)17-13-22(19(18-25)12-15-25)23-6-3-4-7-24(23)28(31)32/h3-4,6-11,18,22H,2,5,12-17H2,1H3/t22?,25-/m1/s1. The molecule has 2 atom stereocenters. The summed E-state index contributed by atoms with van der Waals surface area (Å²) in [7, 11) is -3.89. The molecule has 0 saturated carbocycles. The molecule has 10 heteroatoms. The number of benzene rings is 2. The number of nitro benzene ring substituents is 2. The third-order valence-electron chi connectivity index (χ3n) is 7.50. The minimum absolute atomic E-state index is 0.00907.